The number of hydrogen-bond acceptors (Lipinski definition) is 10. The van der Waals surface area contributed by atoms with Crippen LogP contribution >= 0.6 is 0 Å². The maximum Gasteiger partial charge on any atom is 0.303 e. The van der Waals surface area contributed by atoms with Crippen molar-refractivity contribution in [3.8, 4) is 28.7 Å². The van der Waals surface area contributed by atoms with Crippen molar-refractivity contribution in [2.75, 3.05) is 31.5 Å². The number of rotatable bonds is 10. The zero-order chi connectivity index (χ0) is 36.6. The predicted molar refractivity (Wildman–Crippen MR) is 203 cm³/mol. The van der Waals surface area contributed by atoms with Crippen LogP contribution in [0.15, 0.2) is 77.5 Å². The van der Waals surface area contributed by atoms with Gasteiger partial charge in [0.2, 0.25) is 5.89 Å². The predicted octanol–water partition coefficient (Wildman–Crippen LogP) is 7.20. The molecule has 53 heavy (non-hydrogen) atoms. The van der Waals surface area contributed by atoms with Crippen LogP contribution in [-0.2, 0) is 17.9 Å². The maximum absolute atomic E-state index is 11.2. The molecule has 11 heteroatoms. The maximum atomic E-state index is 11.2. The quantitative estimate of drug-likeness (QED) is 0.133. The SMILES string of the molecule is Cc1c(Nc2nccc3cc(CN4CC[C@@H](O)C4)cnc23)cccc1-c1cccc(-c2nc3cc(CN4CC[C@H](CC(=O)O)C4)cc(C#N)c3o2)c1C. The summed E-state index contributed by atoms with van der Waals surface area (Å²) in [5, 5.41) is 33.7. The van der Waals surface area contributed by atoms with Gasteiger partial charge in [-0.25, -0.2) is 9.97 Å². The fourth-order valence-electron chi connectivity index (χ4n) is 7.96. The number of aliphatic carboxylic acids is 1. The van der Waals surface area contributed by atoms with Gasteiger partial charge in [0, 0.05) is 68.2 Å². The number of nitrogens with zero attached hydrogens (tertiary/aromatic N) is 6. The van der Waals surface area contributed by atoms with Crippen LogP contribution in [0.1, 0.15) is 47.1 Å². The van der Waals surface area contributed by atoms with Crippen molar-refractivity contribution in [1.29, 1.82) is 5.26 Å². The average molecular weight is 708 g/mol. The van der Waals surface area contributed by atoms with E-state index in [1.54, 1.807) is 6.20 Å². The number of aliphatic hydroxyl groups is 1. The summed E-state index contributed by atoms with van der Waals surface area (Å²) in [4.78, 5) is 30.0. The number of carbonyl (C=O) groups is 1. The Morgan fingerprint density at radius 1 is 0.943 bits per heavy atom. The number of carboxylic acids is 1. The molecule has 2 aliphatic heterocycles. The lowest BCUT2D eigenvalue weighted by atomic mass is 9.93. The smallest absolute Gasteiger partial charge is 0.303 e. The third-order valence-electron chi connectivity index (χ3n) is 10.7. The van der Waals surface area contributed by atoms with E-state index < -0.39 is 5.97 Å². The highest BCUT2D eigenvalue weighted by atomic mass is 16.4. The number of pyridine rings is 2. The monoisotopic (exact) mass is 707 g/mol. The summed E-state index contributed by atoms with van der Waals surface area (Å²) in [7, 11) is 0. The molecule has 2 fully saturated rings. The number of fused-ring (bicyclic) bond motifs is 2. The fourth-order valence-corrected chi connectivity index (χ4v) is 7.96. The first-order valence-electron chi connectivity index (χ1n) is 18.1. The molecule has 3 aromatic heterocycles. The number of nitriles is 1. The Labute approximate surface area is 307 Å². The van der Waals surface area contributed by atoms with Gasteiger partial charge in [0.1, 0.15) is 17.1 Å². The van der Waals surface area contributed by atoms with Gasteiger partial charge in [-0.2, -0.15) is 5.26 Å². The van der Waals surface area contributed by atoms with Crippen molar-refractivity contribution < 1.29 is 19.4 Å². The highest BCUT2D eigenvalue weighted by Crippen LogP contribution is 2.38. The molecule has 0 bridgehead atoms. The number of aromatic nitrogens is 3. The van der Waals surface area contributed by atoms with Crippen molar-refractivity contribution in [1.82, 2.24) is 24.8 Å². The van der Waals surface area contributed by atoms with Crippen molar-refractivity contribution in [2.45, 2.75) is 52.3 Å². The van der Waals surface area contributed by atoms with E-state index in [0.717, 1.165) is 94.6 Å². The third kappa shape index (κ3) is 7.09. The Bertz CT molecular complexity index is 2400. The van der Waals surface area contributed by atoms with E-state index in [9.17, 15) is 20.3 Å². The molecule has 5 heterocycles. The zero-order valence-corrected chi connectivity index (χ0v) is 29.8. The van der Waals surface area contributed by atoms with Crippen LogP contribution in [0.3, 0.4) is 0 Å². The summed E-state index contributed by atoms with van der Waals surface area (Å²) in [5.74, 6) is 0.512. The fraction of sp³-hybridized carbons (Fsp3) is 0.310. The molecule has 0 radical (unpaired) electrons. The standard InChI is InChI=1S/C42H41N7O4/c1-25-33(5-3-7-35(25)42-47-37-17-28(15-31(19-43)40(37)53-42)22-48-13-10-27(21-48)18-38(51)52)34-6-4-8-36(26(34)2)46-41-39-30(9-12-44-41)16-29(20-45-39)23-49-14-11-32(50)24-49/h3-9,12,15-17,20,27,32,50H,10-11,13-14,18,21-24H2,1-2H3,(H,44,46)(H,51,52)/t27-,32-/m1/s1. The molecule has 2 aliphatic rings. The van der Waals surface area contributed by atoms with Crippen molar-refractivity contribution in [3.05, 3.63) is 101 Å². The highest BCUT2D eigenvalue weighted by Gasteiger charge is 2.26. The third-order valence-corrected chi connectivity index (χ3v) is 10.7. The molecule has 2 atom stereocenters. The number of oxazole rings is 1. The molecular formula is C42H41N7O4. The minimum atomic E-state index is -0.763. The Morgan fingerprint density at radius 2 is 1.70 bits per heavy atom. The second-order valence-electron chi connectivity index (χ2n) is 14.4. The lowest BCUT2D eigenvalue weighted by Crippen LogP contribution is -2.21. The minimum absolute atomic E-state index is 0.142. The molecule has 11 nitrogen and oxygen atoms in total. The summed E-state index contributed by atoms with van der Waals surface area (Å²) in [6.07, 6.45) is 5.29. The van der Waals surface area contributed by atoms with Crippen molar-refractivity contribution in [3.63, 3.8) is 0 Å². The van der Waals surface area contributed by atoms with Crippen LogP contribution in [-0.4, -0.2) is 73.2 Å². The number of carboxylic acid groups (broad SMARTS) is 1. The molecule has 0 spiro atoms. The molecule has 0 saturated carbocycles. The van der Waals surface area contributed by atoms with Gasteiger partial charge in [-0.15, -0.1) is 0 Å². The highest BCUT2D eigenvalue weighted by molar-refractivity contribution is 5.91. The molecule has 0 amide bonds. The minimum Gasteiger partial charge on any atom is -0.481 e. The van der Waals surface area contributed by atoms with Crippen LogP contribution < -0.4 is 5.32 Å². The molecule has 2 saturated heterocycles. The van der Waals surface area contributed by atoms with Gasteiger partial charge in [0.05, 0.1) is 11.7 Å². The average Bonchev–Trinajstić information content (AvgIpc) is 3.88. The number of likely N-dealkylation sites (tertiary alicyclic amines) is 2. The van der Waals surface area contributed by atoms with Crippen molar-refractivity contribution in [2.24, 2.45) is 5.92 Å². The number of anilines is 2. The second-order valence-corrected chi connectivity index (χ2v) is 14.4. The van der Waals surface area contributed by atoms with E-state index in [1.165, 1.54) is 0 Å². The molecule has 6 aromatic rings. The van der Waals surface area contributed by atoms with Crippen LogP contribution in [0.5, 0.6) is 0 Å². The summed E-state index contributed by atoms with van der Waals surface area (Å²) in [5.41, 5.74) is 10.3. The number of nitrogens with one attached hydrogen (secondary N) is 1. The zero-order valence-electron chi connectivity index (χ0n) is 29.8. The van der Waals surface area contributed by atoms with Gasteiger partial charge in [-0.3, -0.25) is 19.6 Å². The molecular weight excluding hydrogens is 667 g/mol. The van der Waals surface area contributed by atoms with Crippen LogP contribution in [0, 0.1) is 31.1 Å². The number of β-amino-alcohol motifs (C(OH)–C–C–N with tert-alkyl or cyclic N) is 1. The summed E-state index contributed by atoms with van der Waals surface area (Å²) < 4.78 is 6.30. The molecule has 8 rings (SSSR count). The lowest BCUT2D eigenvalue weighted by molar-refractivity contribution is -0.138. The topological polar surface area (TPSA) is 152 Å². The molecule has 0 unspecified atom stereocenters. The van der Waals surface area contributed by atoms with E-state index in [4.69, 9.17) is 14.4 Å². The first-order valence-corrected chi connectivity index (χ1v) is 18.1. The Kier molecular flexibility index (Phi) is 9.35. The first-order chi connectivity index (χ1) is 25.7. The van der Waals surface area contributed by atoms with E-state index in [-0.39, 0.29) is 18.4 Å². The Hall–Kier alpha value is -5.67. The Balaban J connectivity index is 1.05. The van der Waals surface area contributed by atoms with Crippen LogP contribution in [0.2, 0.25) is 0 Å². The van der Waals surface area contributed by atoms with Gasteiger partial charge in [0.15, 0.2) is 11.4 Å². The van der Waals surface area contributed by atoms with Crippen molar-refractivity contribution >= 4 is 39.5 Å². The normalized spacial score (nSPS) is 17.8. The number of aliphatic hydroxyl groups excluding tert-OH is 1. The number of hydrogen-bond donors (Lipinski definition) is 3. The number of benzene rings is 3. The Morgan fingerprint density at radius 3 is 2.49 bits per heavy atom. The van der Waals surface area contributed by atoms with E-state index in [1.807, 2.05) is 48.7 Å². The molecule has 0 aliphatic carbocycles. The van der Waals surface area contributed by atoms with E-state index >= 15 is 0 Å². The van der Waals surface area contributed by atoms with Gasteiger partial charge >= 0.3 is 5.97 Å². The van der Waals surface area contributed by atoms with Gasteiger partial charge in [0.25, 0.3) is 0 Å². The van der Waals surface area contributed by atoms with Crippen LogP contribution in [0.25, 0.3) is 44.6 Å². The van der Waals surface area contributed by atoms with E-state index in [2.05, 4.69) is 58.2 Å². The van der Waals surface area contributed by atoms with E-state index in [0.29, 0.717) is 41.5 Å². The molecule has 268 valence electrons. The molecule has 3 aromatic carbocycles. The summed E-state index contributed by atoms with van der Waals surface area (Å²) in [6, 6.07) is 22.5. The largest absolute Gasteiger partial charge is 0.481 e. The van der Waals surface area contributed by atoms with Gasteiger partial charge in [-0.05, 0) is 109 Å². The van der Waals surface area contributed by atoms with Gasteiger partial charge in [-0.1, -0.05) is 24.3 Å². The molecule has 3 N–H and O–H groups in total. The first kappa shape index (κ1) is 34.4. The summed E-state index contributed by atoms with van der Waals surface area (Å²) >= 11 is 0. The second kappa shape index (κ2) is 14.4. The van der Waals surface area contributed by atoms with Crippen LogP contribution in [0.4, 0.5) is 11.5 Å². The van der Waals surface area contributed by atoms with Gasteiger partial charge < -0.3 is 19.9 Å². The summed E-state index contributed by atoms with van der Waals surface area (Å²) in [6.45, 7) is 8.66. The lowest BCUT2D eigenvalue weighted by Gasteiger charge is -2.17.